The molecule has 2 heterocycles. The maximum Gasteiger partial charge on any atom is 0.246 e. The number of rotatable bonds is 5. The Labute approximate surface area is 166 Å². The highest BCUT2D eigenvalue weighted by Crippen LogP contribution is 2.33. The van der Waals surface area contributed by atoms with Gasteiger partial charge in [0.1, 0.15) is 5.54 Å². The van der Waals surface area contributed by atoms with Crippen molar-refractivity contribution in [2.24, 2.45) is 0 Å². The number of hydrogen-bond acceptors (Lipinski definition) is 4. The largest absolute Gasteiger partial charge is 0.352 e. The average molecular weight is 390 g/mol. The Balaban J connectivity index is 1.66. The van der Waals surface area contributed by atoms with Crippen LogP contribution in [0.4, 0.5) is 0 Å². The van der Waals surface area contributed by atoms with Crippen LogP contribution in [0.3, 0.4) is 0 Å². The zero-order valence-corrected chi connectivity index (χ0v) is 17.4. The topological polar surface area (TPSA) is 52.7 Å². The van der Waals surface area contributed by atoms with Crippen LogP contribution in [0.1, 0.15) is 39.2 Å². The second-order valence-electron chi connectivity index (χ2n) is 8.15. The van der Waals surface area contributed by atoms with Crippen molar-refractivity contribution in [3.8, 4) is 0 Å². The molecule has 2 aliphatic rings. The number of carbonyl (C=O) groups is 2. The maximum atomic E-state index is 12.9. The summed E-state index contributed by atoms with van der Waals surface area (Å²) in [6.07, 6.45) is 1.85. The standard InChI is InChI=1S/C21H31N3O2S/c1-16(2)22-20(26)21(3)15-27-14-19(25)24(21)18-9-11-23(12-10-18)13-17-7-5-4-6-8-17/h4-8,16,18H,9-15H2,1-3H3,(H,22,26). The number of piperidine rings is 1. The second kappa shape index (κ2) is 8.65. The monoisotopic (exact) mass is 389 g/mol. The maximum absolute atomic E-state index is 12.9. The summed E-state index contributed by atoms with van der Waals surface area (Å²) in [6.45, 7) is 8.72. The van der Waals surface area contributed by atoms with Crippen LogP contribution in [0.25, 0.3) is 0 Å². The van der Waals surface area contributed by atoms with Gasteiger partial charge in [0, 0.05) is 37.5 Å². The Hall–Kier alpha value is -1.53. The van der Waals surface area contributed by atoms with E-state index in [1.54, 1.807) is 11.8 Å². The molecule has 0 aliphatic carbocycles. The third-order valence-corrected chi connectivity index (χ3v) is 6.71. The van der Waals surface area contributed by atoms with E-state index in [1.165, 1.54) is 5.56 Å². The molecule has 3 rings (SSSR count). The van der Waals surface area contributed by atoms with Crippen molar-refractivity contribution in [1.82, 2.24) is 15.1 Å². The van der Waals surface area contributed by atoms with Crippen LogP contribution in [0.2, 0.25) is 0 Å². The quantitative estimate of drug-likeness (QED) is 0.841. The highest BCUT2D eigenvalue weighted by Gasteiger charge is 2.48. The molecule has 0 bridgehead atoms. The van der Waals surface area contributed by atoms with Gasteiger partial charge in [-0.05, 0) is 39.2 Å². The van der Waals surface area contributed by atoms with E-state index in [4.69, 9.17) is 0 Å². The molecule has 1 atom stereocenters. The summed E-state index contributed by atoms with van der Waals surface area (Å²) in [6, 6.07) is 10.7. The minimum absolute atomic E-state index is 0.0234. The summed E-state index contributed by atoms with van der Waals surface area (Å²) in [5, 5.41) is 3.03. The highest BCUT2D eigenvalue weighted by molar-refractivity contribution is 8.00. The third kappa shape index (κ3) is 4.66. The van der Waals surface area contributed by atoms with Crippen molar-refractivity contribution in [2.45, 2.75) is 57.8 Å². The summed E-state index contributed by atoms with van der Waals surface area (Å²) in [4.78, 5) is 30.1. The molecule has 2 aliphatic heterocycles. The zero-order chi connectivity index (χ0) is 19.4. The van der Waals surface area contributed by atoms with Gasteiger partial charge in [-0.3, -0.25) is 14.5 Å². The number of likely N-dealkylation sites (tertiary alicyclic amines) is 1. The van der Waals surface area contributed by atoms with Gasteiger partial charge in [-0.2, -0.15) is 0 Å². The van der Waals surface area contributed by atoms with Crippen LogP contribution in [-0.4, -0.2) is 63.8 Å². The Bertz CT molecular complexity index is 659. The molecule has 6 heteroatoms. The van der Waals surface area contributed by atoms with Crippen molar-refractivity contribution in [2.75, 3.05) is 24.6 Å². The van der Waals surface area contributed by atoms with E-state index in [-0.39, 0.29) is 23.9 Å². The van der Waals surface area contributed by atoms with Gasteiger partial charge in [0.2, 0.25) is 11.8 Å². The fraction of sp³-hybridized carbons (Fsp3) is 0.619. The second-order valence-corrected chi connectivity index (χ2v) is 9.14. The molecule has 1 unspecified atom stereocenters. The van der Waals surface area contributed by atoms with E-state index in [1.807, 2.05) is 31.7 Å². The first-order chi connectivity index (χ1) is 12.9. The smallest absolute Gasteiger partial charge is 0.246 e. The van der Waals surface area contributed by atoms with Crippen LogP contribution in [0.5, 0.6) is 0 Å². The average Bonchev–Trinajstić information content (AvgIpc) is 2.63. The Morgan fingerprint density at radius 2 is 1.93 bits per heavy atom. The van der Waals surface area contributed by atoms with Gasteiger partial charge in [0.25, 0.3) is 0 Å². The first kappa shape index (κ1) is 20.2. The van der Waals surface area contributed by atoms with Gasteiger partial charge in [0.15, 0.2) is 0 Å². The number of nitrogens with one attached hydrogen (secondary N) is 1. The van der Waals surface area contributed by atoms with Crippen molar-refractivity contribution >= 4 is 23.6 Å². The van der Waals surface area contributed by atoms with E-state index in [9.17, 15) is 9.59 Å². The SMILES string of the molecule is CC(C)NC(=O)C1(C)CSCC(=O)N1C1CCN(Cc2ccccc2)CC1. The van der Waals surface area contributed by atoms with Gasteiger partial charge in [0.05, 0.1) is 5.75 Å². The van der Waals surface area contributed by atoms with E-state index in [2.05, 4.69) is 34.5 Å². The molecule has 1 aromatic rings. The summed E-state index contributed by atoms with van der Waals surface area (Å²) in [7, 11) is 0. The van der Waals surface area contributed by atoms with Gasteiger partial charge in [-0.15, -0.1) is 11.8 Å². The minimum Gasteiger partial charge on any atom is -0.352 e. The molecule has 0 radical (unpaired) electrons. The Morgan fingerprint density at radius 3 is 2.56 bits per heavy atom. The van der Waals surface area contributed by atoms with Crippen LogP contribution < -0.4 is 5.32 Å². The van der Waals surface area contributed by atoms with Crippen LogP contribution in [0.15, 0.2) is 30.3 Å². The van der Waals surface area contributed by atoms with Gasteiger partial charge < -0.3 is 10.2 Å². The molecule has 0 aromatic heterocycles. The Morgan fingerprint density at radius 1 is 1.26 bits per heavy atom. The lowest BCUT2D eigenvalue weighted by molar-refractivity contribution is -0.149. The van der Waals surface area contributed by atoms with Crippen molar-refractivity contribution in [1.29, 1.82) is 0 Å². The number of carbonyl (C=O) groups excluding carboxylic acids is 2. The molecular weight excluding hydrogens is 358 g/mol. The molecule has 0 saturated carbocycles. The van der Waals surface area contributed by atoms with Crippen LogP contribution >= 0.6 is 11.8 Å². The van der Waals surface area contributed by atoms with Gasteiger partial charge in [-0.25, -0.2) is 0 Å². The van der Waals surface area contributed by atoms with E-state index in [0.29, 0.717) is 11.5 Å². The summed E-state index contributed by atoms with van der Waals surface area (Å²) in [5.41, 5.74) is 0.568. The number of nitrogens with zero attached hydrogens (tertiary/aromatic N) is 2. The van der Waals surface area contributed by atoms with Gasteiger partial charge in [-0.1, -0.05) is 30.3 Å². The number of amides is 2. The lowest BCUT2D eigenvalue weighted by Crippen LogP contribution is -2.67. The van der Waals surface area contributed by atoms with Crippen LogP contribution in [0, 0.1) is 0 Å². The first-order valence-corrected chi connectivity index (χ1v) is 11.0. The predicted octanol–water partition coefficient (Wildman–Crippen LogP) is 2.51. The molecule has 2 fully saturated rings. The zero-order valence-electron chi connectivity index (χ0n) is 16.6. The molecule has 2 saturated heterocycles. The highest BCUT2D eigenvalue weighted by atomic mass is 32.2. The fourth-order valence-electron chi connectivity index (χ4n) is 4.13. The summed E-state index contributed by atoms with van der Waals surface area (Å²) < 4.78 is 0. The molecule has 1 N–H and O–H groups in total. The normalized spacial score (nSPS) is 25.0. The molecule has 148 valence electrons. The van der Waals surface area contributed by atoms with E-state index in [0.717, 1.165) is 32.5 Å². The summed E-state index contributed by atoms with van der Waals surface area (Å²) in [5.74, 6) is 1.23. The first-order valence-electron chi connectivity index (χ1n) is 9.87. The fourth-order valence-corrected chi connectivity index (χ4v) is 5.21. The predicted molar refractivity (Wildman–Crippen MR) is 111 cm³/mol. The lowest BCUT2D eigenvalue weighted by Gasteiger charge is -2.49. The Kier molecular flexibility index (Phi) is 6.48. The molecule has 5 nitrogen and oxygen atoms in total. The molecule has 2 amide bonds. The molecule has 1 aromatic carbocycles. The summed E-state index contributed by atoms with van der Waals surface area (Å²) >= 11 is 1.57. The third-order valence-electron chi connectivity index (χ3n) is 5.49. The lowest BCUT2D eigenvalue weighted by atomic mass is 9.93. The molecule has 0 spiro atoms. The minimum atomic E-state index is -0.753. The van der Waals surface area contributed by atoms with E-state index >= 15 is 0 Å². The van der Waals surface area contributed by atoms with Crippen LogP contribution in [-0.2, 0) is 16.1 Å². The number of benzene rings is 1. The van der Waals surface area contributed by atoms with Crippen molar-refractivity contribution in [3.05, 3.63) is 35.9 Å². The number of thioether (sulfide) groups is 1. The van der Waals surface area contributed by atoms with E-state index < -0.39 is 5.54 Å². The van der Waals surface area contributed by atoms with Crippen molar-refractivity contribution < 1.29 is 9.59 Å². The van der Waals surface area contributed by atoms with Crippen molar-refractivity contribution in [3.63, 3.8) is 0 Å². The van der Waals surface area contributed by atoms with Gasteiger partial charge >= 0.3 is 0 Å². The molecular formula is C21H31N3O2S. The number of hydrogen-bond donors (Lipinski definition) is 1. The molecule has 27 heavy (non-hydrogen) atoms.